The van der Waals surface area contributed by atoms with Crippen LogP contribution in [0.5, 0.6) is 0 Å². The normalized spacial score (nSPS) is 15.8. The SMILES string of the molecule is CCC(NC(=O)CC1CCCC1)c1nnc(-c2cccc(Cl)c2)[nH]c1=O. The molecule has 1 unspecified atom stereocenters. The summed E-state index contributed by atoms with van der Waals surface area (Å²) in [6, 6.07) is 6.60. The number of aromatic nitrogens is 3. The maximum absolute atomic E-state index is 12.5. The summed E-state index contributed by atoms with van der Waals surface area (Å²) >= 11 is 5.98. The highest BCUT2D eigenvalue weighted by Crippen LogP contribution is 2.27. The topological polar surface area (TPSA) is 87.7 Å². The number of hydrogen-bond donors (Lipinski definition) is 2. The van der Waals surface area contributed by atoms with Crippen molar-refractivity contribution in [3.05, 3.63) is 45.3 Å². The van der Waals surface area contributed by atoms with Crippen LogP contribution in [0.3, 0.4) is 0 Å². The van der Waals surface area contributed by atoms with Gasteiger partial charge in [-0.15, -0.1) is 10.2 Å². The van der Waals surface area contributed by atoms with E-state index in [0.717, 1.165) is 12.8 Å². The van der Waals surface area contributed by atoms with Crippen LogP contribution in [0.2, 0.25) is 5.02 Å². The first-order valence-corrected chi connectivity index (χ1v) is 9.46. The largest absolute Gasteiger partial charge is 0.347 e. The molecule has 0 spiro atoms. The molecule has 1 amide bonds. The van der Waals surface area contributed by atoms with Crippen LogP contribution in [-0.2, 0) is 4.79 Å². The van der Waals surface area contributed by atoms with Gasteiger partial charge >= 0.3 is 0 Å². The van der Waals surface area contributed by atoms with Crippen LogP contribution in [0.1, 0.15) is 57.2 Å². The fraction of sp³-hybridized carbons (Fsp3) is 0.474. The van der Waals surface area contributed by atoms with Crippen molar-refractivity contribution in [2.45, 2.75) is 51.5 Å². The molecule has 0 radical (unpaired) electrons. The van der Waals surface area contributed by atoms with Crippen LogP contribution in [0.4, 0.5) is 0 Å². The molecule has 0 aliphatic heterocycles. The molecule has 3 rings (SSSR count). The summed E-state index contributed by atoms with van der Waals surface area (Å²) in [6.07, 6.45) is 5.71. The zero-order valence-electron chi connectivity index (χ0n) is 14.8. The van der Waals surface area contributed by atoms with Gasteiger partial charge in [0, 0.05) is 17.0 Å². The molecule has 0 bridgehead atoms. The summed E-state index contributed by atoms with van der Waals surface area (Å²) in [4.78, 5) is 27.5. The van der Waals surface area contributed by atoms with Crippen LogP contribution in [0.25, 0.3) is 11.4 Å². The average Bonchev–Trinajstić information content (AvgIpc) is 3.13. The van der Waals surface area contributed by atoms with Gasteiger partial charge in [-0.05, 0) is 37.3 Å². The van der Waals surface area contributed by atoms with E-state index in [0.29, 0.717) is 35.2 Å². The van der Waals surface area contributed by atoms with E-state index in [9.17, 15) is 9.59 Å². The number of rotatable bonds is 6. The molecule has 2 N–H and O–H groups in total. The minimum atomic E-state index is -0.437. The summed E-state index contributed by atoms with van der Waals surface area (Å²) in [7, 11) is 0. The van der Waals surface area contributed by atoms with Crippen LogP contribution < -0.4 is 10.9 Å². The molecule has 1 heterocycles. The molecule has 2 aromatic rings. The van der Waals surface area contributed by atoms with E-state index in [1.165, 1.54) is 12.8 Å². The van der Waals surface area contributed by atoms with Crippen molar-refractivity contribution in [1.82, 2.24) is 20.5 Å². The molecule has 0 saturated heterocycles. The number of aromatic amines is 1. The summed E-state index contributed by atoms with van der Waals surface area (Å²) in [5, 5.41) is 11.7. The molecule has 1 aromatic heterocycles. The van der Waals surface area contributed by atoms with Gasteiger partial charge in [0.1, 0.15) is 0 Å². The van der Waals surface area contributed by atoms with Crippen molar-refractivity contribution >= 4 is 17.5 Å². The summed E-state index contributed by atoms with van der Waals surface area (Å²) in [6.45, 7) is 1.91. The van der Waals surface area contributed by atoms with Gasteiger partial charge in [0.05, 0.1) is 6.04 Å². The third-order valence-corrected chi connectivity index (χ3v) is 5.08. The van der Waals surface area contributed by atoms with Crippen LogP contribution >= 0.6 is 11.6 Å². The number of carbonyl (C=O) groups is 1. The Morgan fingerprint density at radius 2 is 2.12 bits per heavy atom. The fourth-order valence-electron chi connectivity index (χ4n) is 3.43. The highest BCUT2D eigenvalue weighted by Gasteiger charge is 2.22. The molecule has 138 valence electrons. The van der Waals surface area contributed by atoms with Crippen molar-refractivity contribution in [3.63, 3.8) is 0 Å². The first-order valence-electron chi connectivity index (χ1n) is 9.09. The maximum Gasteiger partial charge on any atom is 0.275 e. The Morgan fingerprint density at radius 3 is 2.77 bits per heavy atom. The lowest BCUT2D eigenvalue weighted by Crippen LogP contribution is -2.34. The molecule has 1 saturated carbocycles. The summed E-state index contributed by atoms with van der Waals surface area (Å²) in [5.74, 6) is 0.791. The van der Waals surface area contributed by atoms with E-state index in [2.05, 4.69) is 20.5 Å². The molecular weight excluding hydrogens is 352 g/mol. The van der Waals surface area contributed by atoms with E-state index >= 15 is 0 Å². The monoisotopic (exact) mass is 374 g/mol. The Labute approximate surface area is 157 Å². The summed E-state index contributed by atoms with van der Waals surface area (Å²) in [5.41, 5.74) is 0.577. The van der Waals surface area contributed by atoms with Gasteiger partial charge in [0.15, 0.2) is 11.5 Å². The smallest absolute Gasteiger partial charge is 0.275 e. The number of hydrogen-bond acceptors (Lipinski definition) is 4. The third kappa shape index (κ3) is 4.49. The van der Waals surface area contributed by atoms with E-state index in [4.69, 9.17) is 11.6 Å². The van der Waals surface area contributed by atoms with Crippen molar-refractivity contribution in [2.75, 3.05) is 0 Å². The number of H-pyrrole nitrogens is 1. The number of nitrogens with zero attached hydrogens (tertiary/aromatic N) is 2. The molecule has 6 nitrogen and oxygen atoms in total. The molecule has 1 fully saturated rings. The van der Waals surface area contributed by atoms with E-state index in [1.54, 1.807) is 24.3 Å². The van der Waals surface area contributed by atoms with E-state index in [-0.39, 0.29) is 17.2 Å². The predicted molar refractivity (Wildman–Crippen MR) is 101 cm³/mol. The first kappa shape index (κ1) is 18.6. The van der Waals surface area contributed by atoms with Gasteiger partial charge < -0.3 is 10.3 Å². The standard InChI is InChI=1S/C19H23ClN4O2/c1-2-15(21-16(25)10-12-6-3-4-7-12)17-19(26)22-18(24-23-17)13-8-5-9-14(20)11-13/h5,8-9,11-12,15H,2-4,6-7,10H2,1H3,(H,21,25)(H,22,24,26). The molecule has 1 aliphatic carbocycles. The van der Waals surface area contributed by atoms with Gasteiger partial charge in [0.25, 0.3) is 5.56 Å². The maximum atomic E-state index is 12.5. The van der Waals surface area contributed by atoms with Crippen molar-refractivity contribution in [1.29, 1.82) is 0 Å². The lowest BCUT2D eigenvalue weighted by molar-refractivity contribution is -0.122. The quantitative estimate of drug-likeness (QED) is 0.808. The molecule has 1 aliphatic rings. The minimum absolute atomic E-state index is 0.0242. The van der Waals surface area contributed by atoms with E-state index < -0.39 is 6.04 Å². The van der Waals surface area contributed by atoms with Gasteiger partial charge in [-0.25, -0.2) is 0 Å². The highest BCUT2D eigenvalue weighted by atomic mass is 35.5. The molecule has 7 heteroatoms. The fourth-order valence-corrected chi connectivity index (χ4v) is 3.62. The third-order valence-electron chi connectivity index (χ3n) is 4.84. The first-order chi connectivity index (χ1) is 12.6. The molecular formula is C19H23ClN4O2. The second kappa shape index (κ2) is 8.45. The second-order valence-corrected chi connectivity index (χ2v) is 7.22. The number of amides is 1. The number of carbonyl (C=O) groups excluding carboxylic acids is 1. The Balaban J connectivity index is 1.74. The lowest BCUT2D eigenvalue weighted by atomic mass is 10.0. The molecule has 1 atom stereocenters. The number of halogens is 1. The average molecular weight is 375 g/mol. The van der Waals surface area contributed by atoms with E-state index in [1.807, 2.05) is 6.92 Å². The van der Waals surface area contributed by atoms with Crippen molar-refractivity contribution in [2.24, 2.45) is 5.92 Å². The zero-order chi connectivity index (χ0) is 18.5. The number of nitrogens with one attached hydrogen (secondary N) is 2. The second-order valence-electron chi connectivity index (χ2n) is 6.78. The Morgan fingerprint density at radius 1 is 1.35 bits per heavy atom. The predicted octanol–water partition coefficient (Wildman–Crippen LogP) is 3.63. The minimum Gasteiger partial charge on any atom is -0.347 e. The Hall–Kier alpha value is -2.21. The Kier molecular flexibility index (Phi) is 6.04. The van der Waals surface area contributed by atoms with Crippen LogP contribution in [0.15, 0.2) is 29.1 Å². The highest BCUT2D eigenvalue weighted by molar-refractivity contribution is 6.30. The Bertz CT molecular complexity index is 830. The lowest BCUT2D eigenvalue weighted by Gasteiger charge is -2.17. The van der Waals surface area contributed by atoms with Crippen LogP contribution in [0, 0.1) is 5.92 Å². The van der Waals surface area contributed by atoms with Gasteiger partial charge in [0.2, 0.25) is 5.91 Å². The molecule has 26 heavy (non-hydrogen) atoms. The van der Waals surface area contributed by atoms with Crippen molar-refractivity contribution < 1.29 is 4.79 Å². The zero-order valence-corrected chi connectivity index (χ0v) is 15.6. The van der Waals surface area contributed by atoms with Gasteiger partial charge in [-0.1, -0.05) is 43.5 Å². The summed E-state index contributed by atoms with van der Waals surface area (Å²) < 4.78 is 0. The number of benzene rings is 1. The van der Waals surface area contributed by atoms with Crippen LogP contribution in [-0.4, -0.2) is 21.1 Å². The van der Waals surface area contributed by atoms with Gasteiger partial charge in [-0.2, -0.15) is 0 Å². The molecule has 1 aromatic carbocycles. The van der Waals surface area contributed by atoms with Crippen molar-refractivity contribution in [3.8, 4) is 11.4 Å². The van der Waals surface area contributed by atoms with Gasteiger partial charge in [-0.3, -0.25) is 9.59 Å².